The summed E-state index contributed by atoms with van der Waals surface area (Å²) in [7, 11) is 0. The van der Waals surface area contributed by atoms with E-state index in [0.29, 0.717) is 9.23 Å². The summed E-state index contributed by atoms with van der Waals surface area (Å²) in [6.07, 6.45) is 3.97. The molecule has 27 heavy (non-hydrogen) atoms. The Morgan fingerprint density at radius 1 is 0.963 bits per heavy atom. The third kappa shape index (κ3) is 3.59. The number of thioether (sulfide) groups is 1. The second kappa shape index (κ2) is 7.51. The molecule has 3 aromatic carbocycles. The molecule has 1 heterocycles. The third-order valence-corrected chi connectivity index (χ3v) is 5.66. The van der Waals surface area contributed by atoms with Crippen LogP contribution in [0, 0.1) is 0 Å². The number of carbonyl (C=O) groups excluding carboxylic acids is 1. The molecule has 132 valence electrons. The van der Waals surface area contributed by atoms with Gasteiger partial charge in [-0.25, -0.2) is 0 Å². The van der Waals surface area contributed by atoms with Crippen LogP contribution < -0.4 is 4.90 Å². The maximum Gasteiger partial charge on any atom is 0.270 e. The minimum absolute atomic E-state index is 0.0674. The Morgan fingerprint density at radius 2 is 1.67 bits per heavy atom. The first kappa shape index (κ1) is 17.7. The molecule has 0 radical (unpaired) electrons. The molecule has 0 unspecified atom stereocenters. The van der Waals surface area contributed by atoms with Gasteiger partial charge in [0.05, 0.1) is 10.6 Å². The van der Waals surface area contributed by atoms with Crippen molar-refractivity contribution in [3.8, 4) is 0 Å². The first-order chi connectivity index (χ1) is 13.1. The number of amides is 1. The number of nitrogens with zero attached hydrogens (tertiary/aromatic N) is 1. The lowest BCUT2D eigenvalue weighted by molar-refractivity contribution is -0.113. The number of hydrogen-bond acceptors (Lipinski definition) is 3. The lowest BCUT2D eigenvalue weighted by atomic mass is 10.1. The SMILES string of the molecule is CC(/C=C1\SC(=S)N(c2cccc3ccccc23)C1=O)=C\c1ccccc1. The van der Waals surface area contributed by atoms with Gasteiger partial charge in [-0.2, -0.15) is 0 Å². The highest BCUT2D eigenvalue weighted by atomic mass is 32.2. The van der Waals surface area contributed by atoms with Gasteiger partial charge < -0.3 is 0 Å². The predicted molar refractivity (Wildman–Crippen MR) is 120 cm³/mol. The largest absolute Gasteiger partial charge is 0.270 e. The molecular formula is C23H17NOS2. The summed E-state index contributed by atoms with van der Waals surface area (Å²) in [6, 6.07) is 24.0. The topological polar surface area (TPSA) is 20.3 Å². The fourth-order valence-electron chi connectivity index (χ4n) is 3.14. The molecule has 0 N–H and O–H groups in total. The van der Waals surface area contributed by atoms with E-state index in [1.807, 2.05) is 85.8 Å². The highest BCUT2D eigenvalue weighted by Crippen LogP contribution is 2.38. The van der Waals surface area contributed by atoms with Crippen molar-refractivity contribution >= 4 is 56.7 Å². The van der Waals surface area contributed by atoms with Gasteiger partial charge in [0.1, 0.15) is 0 Å². The van der Waals surface area contributed by atoms with Crippen molar-refractivity contribution in [3.63, 3.8) is 0 Å². The van der Waals surface area contributed by atoms with E-state index in [4.69, 9.17) is 12.2 Å². The Hall–Kier alpha value is -2.69. The van der Waals surface area contributed by atoms with Gasteiger partial charge in [-0.1, -0.05) is 96.8 Å². The van der Waals surface area contributed by atoms with Crippen molar-refractivity contribution in [2.24, 2.45) is 0 Å². The number of allylic oxidation sites excluding steroid dienone is 2. The van der Waals surface area contributed by atoms with Crippen LogP contribution in [0.15, 0.2) is 89.4 Å². The Balaban J connectivity index is 1.69. The summed E-state index contributed by atoms with van der Waals surface area (Å²) >= 11 is 6.88. The van der Waals surface area contributed by atoms with Gasteiger partial charge in [0, 0.05) is 5.39 Å². The average molecular weight is 388 g/mol. The third-order valence-electron chi connectivity index (χ3n) is 4.35. The van der Waals surface area contributed by atoms with Gasteiger partial charge in [-0.05, 0) is 35.6 Å². The molecule has 0 aliphatic carbocycles. The van der Waals surface area contributed by atoms with Crippen LogP contribution in [-0.2, 0) is 4.79 Å². The molecule has 0 aromatic heterocycles. The summed E-state index contributed by atoms with van der Waals surface area (Å²) in [5.41, 5.74) is 2.96. The van der Waals surface area contributed by atoms with Crippen molar-refractivity contribution in [1.82, 2.24) is 0 Å². The molecule has 1 amide bonds. The minimum atomic E-state index is -0.0674. The normalized spacial score (nSPS) is 16.6. The van der Waals surface area contributed by atoms with Gasteiger partial charge in [0.15, 0.2) is 4.32 Å². The van der Waals surface area contributed by atoms with Crippen LogP contribution in [0.2, 0.25) is 0 Å². The van der Waals surface area contributed by atoms with Crippen LogP contribution in [0.5, 0.6) is 0 Å². The van der Waals surface area contributed by atoms with Crippen LogP contribution in [0.4, 0.5) is 5.69 Å². The average Bonchev–Trinajstić information content (AvgIpc) is 2.95. The van der Waals surface area contributed by atoms with Crippen LogP contribution in [0.3, 0.4) is 0 Å². The summed E-state index contributed by atoms with van der Waals surface area (Å²) in [6.45, 7) is 2.00. The van der Waals surface area contributed by atoms with Crippen molar-refractivity contribution < 1.29 is 4.79 Å². The smallest absolute Gasteiger partial charge is 0.268 e. The van der Waals surface area contributed by atoms with E-state index < -0.39 is 0 Å². The summed E-state index contributed by atoms with van der Waals surface area (Å²) < 4.78 is 0.565. The zero-order chi connectivity index (χ0) is 18.8. The zero-order valence-corrected chi connectivity index (χ0v) is 16.4. The highest BCUT2D eigenvalue weighted by molar-refractivity contribution is 8.27. The van der Waals surface area contributed by atoms with Gasteiger partial charge in [-0.15, -0.1) is 0 Å². The van der Waals surface area contributed by atoms with E-state index in [0.717, 1.165) is 27.6 Å². The summed E-state index contributed by atoms with van der Waals surface area (Å²) in [4.78, 5) is 15.4. The molecule has 4 heteroatoms. The zero-order valence-electron chi connectivity index (χ0n) is 14.8. The number of fused-ring (bicyclic) bond motifs is 1. The molecule has 2 nitrogen and oxygen atoms in total. The fraction of sp³-hybridized carbons (Fsp3) is 0.0435. The second-order valence-electron chi connectivity index (χ2n) is 6.31. The number of anilines is 1. The highest BCUT2D eigenvalue weighted by Gasteiger charge is 2.34. The molecule has 0 bridgehead atoms. The van der Waals surface area contributed by atoms with Crippen molar-refractivity contribution in [3.05, 3.63) is 94.9 Å². The van der Waals surface area contributed by atoms with Crippen LogP contribution in [0.25, 0.3) is 16.8 Å². The Bertz CT molecular complexity index is 1090. The molecule has 0 atom stereocenters. The number of thiocarbonyl (C=S) groups is 1. The van der Waals surface area contributed by atoms with Crippen LogP contribution in [0.1, 0.15) is 12.5 Å². The first-order valence-electron chi connectivity index (χ1n) is 8.62. The summed E-state index contributed by atoms with van der Waals surface area (Å²) in [5.74, 6) is -0.0674. The van der Waals surface area contributed by atoms with Crippen molar-refractivity contribution in [2.75, 3.05) is 4.90 Å². The lowest BCUT2D eigenvalue weighted by Gasteiger charge is -2.17. The maximum atomic E-state index is 13.1. The molecular weight excluding hydrogens is 370 g/mol. The summed E-state index contributed by atoms with van der Waals surface area (Å²) in [5, 5.41) is 2.11. The standard InChI is InChI=1S/C23H17NOS2/c1-16(14-17-8-3-2-4-9-17)15-21-22(25)24(23(26)27-21)20-13-7-11-18-10-5-6-12-19(18)20/h2-15H,1H3/b16-14+,21-15-. The molecule has 1 fully saturated rings. The van der Waals surface area contributed by atoms with E-state index in [1.54, 1.807) is 4.90 Å². The Morgan fingerprint density at radius 3 is 2.48 bits per heavy atom. The Labute approximate surface area is 168 Å². The van der Waals surface area contributed by atoms with E-state index in [1.165, 1.54) is 11.8 Å². The van der Waals surface area contributed by atoms with Gasteiger partial charge in [0.2, 0.25) is 0 Å². The lowest BCUT2D eigenvalue weighted by Crippen LogP contribution is -2.27. The Kier molecular flexibility index (Phi) is 4.92. The second-order valence-corrected chi connectivity index (χ2v) is 7.99. The maximum absolute atomic E-state index is 13.1. The molecule has 1 aliphatic rings. The van der Waals surface area contributed by atoms with Gasteiger partial charge >= 0.3 is 0 Å². The molecule has 3 aromatic rings. The van der Waals surface area contributed by atoms with Crippen LogP contribution >= 0.6 is 24.0 Å². The van der Waals surface area contributed by atoms with E-state index in [9.17, 15) is 4.79 Å². The van der Waals surface area contributed by atoms with Crippen LogP contribution in [-0.4, -0.2) is 10.2 Å². The van der Waals surface area contributed by atoms with Crippen molar-refractivity contribution in [1.29, 1.82) is 0 Å². The van der Waals surface area contributed by atoms with E-state index >= 15 is 0 Å². The van der Waals surface area contributed by atoms with E-state index in [2.05, 4.69) is 6.08 Å². The van der Waals surface area contributed by atoms with Gasteiger partial charge in [-0.3, -0.25) is 9.69 Å². The molecule has 1 saturated heterocycles. The van der Waals surface area contributed by atoms with E-state index in [-0.39, 0.29) is 5.91 Å². The first-order valence-corrected chi connectivity index (χ1v) is 9.85. The molecule has 1 aliphatic heterocycles. The fourth-order valence-corrected chi connectivity index (χ4v) is 4.47. The monoisotopic (exact) mass is 387 g/mol. The molecule has 0 spiro atoms. The van der Waals surface area contributed by atoms with Gasteiger partial charge in [0.25, 0.3) is 5.91 Å². The van der Waals surface area contributed by atoms with Crippen molar-refractivity contribution in [2.45, 2.75) is 6.92 Å². The number of rotatable bonds is 3. The number of benzene rings is 3. The molecule has 0 saturated carbocycles. The predicted octanol–water partition coefficient (Wildman–Crippen LogP) is 6.19. The number of hydrogen-bond donors (Lipinski definition) is 0. The number of carbonyl (C=O) groups is 1. The molecule has 4 rings (SSSR count). The quantitative estimate of drug-likeness (QED) is 0.395. The minimum Gasteiger partial charge on any atom is -0.268 e.